The first kappa shape index (κ1) is 23.3. The number of thiazole rings is 1. The summed E-state index contributed by atoms with van der Waals surface area (Å²) >= 11 is 8.71. The first-order valence-electron chi connectivity index (χ1n) is 10.9. The van der Waals surface area contributed by atoms with Gasteiger partial charge in [0.1, 0.15) is 11.1 Å². The van der Waals surface area contributed by atoms with Crippen molar-refractivity contribution in [2.24, 2.45) is 0 Å². The Kier molecular flexibility index (Phi) is 7.12. The molecule has 2 aliphatic rings. The number of hydrogen-bond donors (Lipinski definition) is 1. The zero-order valence-corrected chi connectivity index (χ0v) is 20.6. The lowest BCUT2D eigenvalue weighted by Gasteiger charge is -2.25. The van der Waals surface area contributed by atoms with Crippen molar-refractivity contribution in [1.29, 1.82) is 0 Å². The average Bonchev–Trinajstić information content (AvgIpc) is 3.59. The minimum Gasteiger partial charge on any atom is -0.442 e. The van der Waals surface area contributed by atoms with Crippen LogP contribution in [0.15, 0.2) is 41.8 Å². The van der Waals surface area contributed by atoms with Crippen molar-refractivity contribution in [3.05, 3.63) is 56.7 Å². The first-order chi connectivity index (χ1) is 16.5. The number of carbonyl (C=O) groups is 2. The Balaban J connectivity index is 1.16. The highest BCUT2D eigenvalue weighted by molar-refractivity contribution is 7.18. The van der Waals surface area contributed by atoms with Crippen molar-refractivity contribution in [1.82, 2.24) is 15.2 Å². The predicted molar refractivity (Wildman–Crippen MR) is 133 cm³/mol. The van der Waals surface area contributed by atoms with Crippen molar-refractivity contribution < 1.29 is 19.1 Å². The lowest BCUT2D eigenvalue weighted by atomic mass is 10.2. The first-order valence-corrected chi connectivity index (χ1v) is 13.0. The third kappa shape index (κ3) is 5.42. The van der Waals surface area contributed by atoms with Crippen LogP contribution >= 0.6 is 34.3 Å². The van der Waals surface area contributed by atoms with Crippen molar-refractivity contribution in [2.75, 3.05) is 44.3 Å². The summed E-state index contributed by atoms with van der Waals surface area (Å²) in [6.07, 6.45) is -0.846. The summed E-state index contributed by atoms with van der Waals surface area (Å²) in [6.45, 7) is 4.84. The van der Waals surface area contributed by atoms with E-state index < -0.39 is 12.2 Å². The molecule has 0 saturated carbocycles. The third-order valence-electron chi connectivity index (χ3n) is 5.63. The molecule has 0 spiro atoms. The Labute approximate surface area is 210 Å². The molecule has 1 N–H and O–H groups in total. The largest absolute Gasteiger partial charge is 0.442 e. The second-order valence-electron chi connectivity index (χ2n) is 8.01. The van der Waals surface area contributed by atoms with Crippen LogP contribution in [-0.4, -0.2) is 67.4 Å². The molecule has 3 aromatic rings. The molecule has 0 bridgehead atoms. The molecule has 0 aliphatic carbocycles. The van der Waals surface area contributed by atoms with Crippen molar-refractivity contribution in [2.45, 2.75) is 12.6 Å². The predicted octanol–water partition coefficient (Wildman–Crippen LogP) is 4.11. The molecular weight excluding hydrogens is 496 g/mol. The Hall–Kier alpha value is -2.50. The van der Waals surface area contributed by atoms with E-state index in [0.717, 1.165) is 54.8 Å². The molecule has 178 valence electrons. The van der Waals surface area contributed by atoms with Gasteiger partial charge >= 0.3 is 6.09 Å². The summed E-state index contributed by atoms with van der Waals surface area (Å²) in [5, 5.41) is 5.85. The molecule has 1 aromatic carbocycles. The number of halogens is 1. The van der Waals surface area contributed by atoms with Crippen molar-refractivity contribution in [3.8, 4) is 10.6 Å². The molecule has 11 heteroatoms. The number of amides is 2. The van der Waals surface area contributed by atoms with Gasteiger partial charge in [0.15, 0.2) is 0 Å². The smallest absolute Gasteiger partial charge is 0.414 e. The van der Waals surface area contributed by atoms with Crippen molar-refractivity contribution >= 4 is 52.0 Å². The maximum Gasteiger partial charge on any atom is 0.414 e. The maximum atomic E-state index is 12.4. The number of morpholine rings is 1. The molecule has 1 atom stereocenters. The standard InChI is InChI=1S/C23H23ClN4O4S2/c24-20-6-5-19(34-20)21(29)25-11-18-13-28(23(30)32-18)17-3-1-15(2-4-17)22-26-16(14-33-22)12-27-7-9-31-10-8-27/h1-6,14,18H,7-13H2,(H,25,29)/t18-/m0/s1. The van der Waals surface area contributed by atoms with Gasteiger partial charge in [0.2, 0.25) is 0 Å². The van der Waals surface area contributed by atoms with E-state index in [9.17, 15) is 9.59 Å². The Morgan fingerprint density at radius 1 is 1.18 bits per heavy atom. The van der Waals surface area contributed by atoms with E-state index in [-0.39, 0.29) is 12.5 Å². The number of cyclic esters (lactones) is 1. The number of ether oxygens (including phenoxy) is 2. The highest BCUT2D eigenvalue weighted by Gasteiger charge is 2.32. The second kappa shape index (κ2) is 10.4. The van der Waals surface area contributed by atoms with Gasteiger partial charge in [-0.3, -0.25) is 14.6 Å². The quantitative estimate of drug-likeness (QED) is 0.506. The van der Waals surface area contributed by atoms with E-state index in [1.54, 1.807) is 28.4 Å². The Morgan fingerprint density at radius 3 is 2.71 bits per heavy atom. The molecule has 2 aromatic heterocycles. The molecule has 2 amide bonds. The number of hydrogen-bond acceptors (Lipinski definition) is 8. The number of thiophene rings is 1. The van der Waals surface area contributed by atoms with Gasteiger partial charge in [-0.25, -0.2) is 9.78 Å². The van der Waals surface area contributed by atoms with Crippen LogP contribution in [0.1, 0.15) is 15.4 Å². The normalized spacial score (nSPS) is 18.8. The zero-order valence-electron chi connectivity index (χ0n) is 18.2. The van der Waals surface area contributed by atoms with E-state index in [2.05, 4.69) is 15.6 Å². The van der Waals surface area contributed by atoms with Crippen LogP contribution in [0.3, 0.4) is 0 Å². The summed E-state index contributed by atoms with van der Waals surface area (Å²) in [5.74, 6) is -0.229. The fourth-order valence-corrected chi connectivity index (χ4v) is 5.63. The maximum absolute atomic E-state index is 12.4. The molecule has 2 fully saturated rings. The number of anilines is 1. The number of aromatic nitrogens is 1. The average molecular weight is 519 g/mol. The van der Waals surface area contributed by atoms with E-state index >= 15 is 0 Å². The lowest BCUT2D eigenvalue weighted by Crippen LogP contribution is -2.35. The Bertz CT molecular complexity index is 1160. The van der Waals surface area contributed by atoms with E-state index in [1.165, 1.54) is 11.3 Å². The van der Waals surface area contributed by atoms with E-state index in [1.807, 2.05) is 24.3 Å². The van der Waals surface area contributed by atoms with Gasteiger partial charge < -0.3 is 14.8 Å². The van der Waals surface area contributed by atoms with Gasteiger partial charge in [0.05, 0.1) is 41.2 Å². The Morgan fingerprint density at radius 2 is 1.97 bits per heavy atom. The fraction of sp³-hybridized carbons (Fsp3) is 0.348. The lowest BCUT2D eigenvalue weighted by molar-refractivity contribution is 0.0337. The van der Waals surface area contributed by atoms with Gasteiger partial charge in [-0.2, -0.15) is 0 Å². The van der Waals surface area contributed by atoms with Crippen LogP contribution in [0.5, 0.6) is 0 Å². The zero-order chi connectivity index (χ0) is 23.5. The summed E-state index contributed by atoms with van der Waals surface area (Å²) in [5.41, 5.74) is 2.81. The molecular formula is C23H23ClN4O4S2. The number of rotatable bonds is 7. The monoisotopic (exact) mass is 518 g/mol. The summed E-state index contributed by atoms with van der Waals surface area (Å²) in [7, 11) is 0. The molecule has 2 aliphatic heterocycles. The van der Waals surface area contributed by atoms with Gasteiger partial charge in [0, 0.05) is 36.3 Å². The van der Waals surface area contributed by atoms with Gasteiger partial charge in [0.25, 0.3) is 5.91 Å². The third-order valence-corrected chi connectivity index (χ3v) is 7.80. The molecule has 5 rings (SSSR count). The minimum absolute atomic E-state index is 0.229. The van der Waals surface area contributed by atoms with Crippen molar-refractivity contribution in [3.63, 3.8) is 0 Å². The molecule has 0 radical (unpaired) electrons. The van der Waals surface area contributed by atoms with Gasteiger partial charge in [-0.15, -0.1) is 22.7 Å². The minimum atomic E-state index is -0.423. The van der Waals surface area contributed by atoms with Crippen LogP contribution in [-0.2, 0) is 16.0 Å². The molecule has 34 heavy (non-hydrogen) atoms. The summed E-state index contributed by atoms with van der Waals surface area (Å²) in [4.78, 5) is 33.8. The van der Waals surface area contributed by atoms with Gasteiger partial charge in [-0.05, 0) is 36.4 Å². The molecule has 4 heterocycles. The SMILES string of the molecule is O=C(NC[C@H]1CN(c2ccc(-c3nc(CN4CCOCC4)cs3)cc2)C(=O)O1)c1ccc(Cl)s1. The number of nitrogens with one attached hydrogen (secondary N) is 1. The van der Waals surface area contributed by atoms with Crippen LogP contribution in [0.4, 0.5) is 10.5 Å². The molecule has 2 saturated heterocycles. The van der Waals surface area contributed by atoms with E-state index in [4.69, 9.17) is 26.1 Å². The summed E-state index contributed by atoms with van der Waals surface area (Å²) in [6, 6.07) is 11.1. The summed E-state index contributed by atoms with van der Waals surface area (Å²) < 4.78 is 11.4. The molecule has 8 nitrogen and oxygen atoms in total. The number of carbonyl (C=O) groups excluding carboxylic acids is 2. The van der Waals surface area contributed by atoms with Gasteiger partial charge in [-0.1, -0.05) is 11.6 Å². The number of benzene rings is 1. The number of nitrogens with zero attached hydrogens (tertiary/aromatic N) is 3. The van der Waals surface area contributed by atoms with Crippen LogP contribution in [0.25, 0.3) is 10.6 Å². The highest BCUT2D eigenvalue weighted by atomic mass is 35.5. The highest BCUT2D eigenvalue weighted by Crippen LogP contribution is 2.28. The van der Waals surface area contributed by atoms with Crippen LogP contribution in [0, 0.1) is 0 Å². The molecule has 0 unspecified atom stereocenters. The van der Waals surface area contributed by atoms with E-state index in [0.29, 0.717) is 15.8 Å². The second-order valence-corrected chi connectivity index (χ2v) is 10.6. The fourth-order valence-electron chi connectivity index (χ4n) is 3.85. The van der Waals surface area contributed by atoms with Crippen LogP contribution in [0.2, 0.25) is 4.34 Å². The van der Waals surface area contributed by atoms with Crippen LogP contribution < -0.4 is 10.2 Å². The topological polar surface area (TPSA) is 84.0 Å².